The maximum Gasteiger partial charge on any atom is 0.200 e. The molecule has 0 radical (unpaired) electrons. The SMILES string of the molecule is CC(=O)/C=C(/c1ccccc1)S(=O)(=O)C=Cc1ccccc1. The predicted molar refractivity (Wildman–Crippen MR) is 89.5 cm³/mol. The molecule has 0 amide bonds. The minimum atomic E-state index is -3.71. The zero-order chi connectivity index (χ0) is 16.0. The summed E-state index contributed by atoms with van der Waals surface area (Å²) in [5.74, 6) is -0.310. The van der Waals surface area contributed by atoms with Crippen LogP contribution in [-0.2, 0) is 14.6 Å². The van der Waals surface area contributed by atoms with Gasteiger partial charge in [0.2, 0.25) is 9.84 Å². The maximum atomic E-state index is 12.5. The van der Waals surface area contributed by atoms with E-state index in [2.05, 4.69) is 0 Å². The molecule has 0 saturated heterocycles. The Morgan fingerprint density at radius 3 is 2.00 bits per heavy atom. The zero-order valence-corrected chi connectivity index (χ0v) is 13.0. The van der Waals surface area contributed by atoms with Gasteiger partial charge < -0.3 is 0 Å². The van der Waals surface area contributed by atoms with Gasteiger partial charge >= 0.3 is 0 Å². The summed E-state index contributed by atoms with van der Waals surface area (Å²) < 4.78 is 25.1. The third-order valence-electron chi connectivity index (χ3n) is 2.94. The Labute approximate surface area is 130 Å². The molecule has 0 fully saturated rings. The van der Waals surface area contributed by atoms with Crippen LogP contribution in [0.15, 0.2) is 72.1 Å². The highest BCUT2D eigenvalue weighted by Gasteiger charge is 2.17. The first kappa shape index (κ1) is 15.9. The quantitative estimate of drug-likeness (QED) is 0.791. The highest BCUT2D eigenvalue weighted by atomic mass is 32.2. The molecular formula is C18H16O3S. The number of hydrogen-bond acceptors (Lipinski definition) is 3. The molecule has 0 unspecified atom stereocenters. The van der Waals surface area contributed by atoms with E-state index in [4.69, 9.17) is 0 Å². The summed E-state index contributed by atoms with van der Waals surface area (Å²) in [5, 5.41) is 1.13. The number of hydrogen-bond donors (Lipinski definition) is 0. The van der Waals surface area contributed by atoms with Crippen LogP contribution < -0.4 is 0 Å². The lowest BCUT2D eigenvalue weighted by Crippen LogP contribution is -2.02. The first-order chi connectivity index (χ1) is 10.5. The molecule has 3 nitrogen and oxygen atoms in total. The third-order valence-corrected chi connectivity index (χ3v) is 4.40. The average molecular weight is 312 g/mol. The summed E-state index contributed by atoms with van der Waals surface area (Å²) >= 11 is 0. The number of allylic oxidation sites excluding steroid dienone is 1. The van der Waals surface area contributed by atoms with Crippen molar-refractivity contribution in [3.63, 3.8) is 0 Å². The minimum absolute atomic E-state index is 0.00720. The Kier molecular flexibility index (Phi) is 5.07. The summed E-state index contributed by atoms with van der Waals surface area (Å²) in [6.45, 7) is 1.33. The van der Waals surface area contributed by atoms with Gasteiger partial charge in [-0.25, -0.2) is 8.42 Å². The van der Waals surface area contributed by atoms with Crippen LogP contribution in [0.1, 0.15) is 18.1 Å². The van der Waals surface area contributed by atoms with Gasteiger partial charge in [-0.2, -0.15) is 0 Å². The van der Waals surface area contributed by atoms with Crippen LogP contribution in [0, 0.1) is 0 Å². The molecule has 0 spiro atoms. The Morgan fingerprint density at radius 1 is 0.909 bits per heavy atom. The number of rotatable bonds is 5. The smallest absolute Gasteiger partial charge is 0.200 e. The van der Waals surface area contributed by atoms with Crippen molar-refractivity contribution in [2.24, 2.45) is 0 Å². The maximum absolute atomic E-state index is 12.5. The van der Waals surface area contributed by atoms with E-state index in [9.17, 15) is 13.2 Å². The molecular weight excluding hydrogens is 296 g/mol. The fraction of sp³-hybridized carbons (Fsp3) is 0.0556. The Balaban J connectivity index is 2.43. The highest BCUT2D eigenvalue weighted by molar-refractivity contribution is 8.03. The number of benzene rings is 2. The first-order valence-electron chi connectivity index (χ1n) is 6.75. The number of carbonyl (C=O) groups excluding carboxylic acids is 1. The van der Waals surface area contributed by atoms with Crippen LogP contribution in [0.25, 0.3) is 11.0 Å². The Bertz CT molecular complexity index is 802. The van der Waals surface area contributed by atoms with Crippen molar-refractivity contribution in [3.8, 4) is 0 Å². The Morgan fingerprint density at radius 2 is 1.45 bits per heavy atom. The molecule has 0 heterocycles. The van der Waals surface area contributed by atoms with Crippen LogP contribution in [0.4, 0.5) is 0 Å². The fourth-order valence-electron chi connectivity index (χ4n) is 1.92. The largest absolute Gasteiger partial charge is 0.295 e. The van der Waals surface area contributed by atoms with Crippen molar-refractivity contribution in [1.82, 2.24) is 0 Å². The van der Waals surface area contributed by atoms with Crippen LogP contribution in [-0.4, -0.2) is 14.2 Å². The van der Waals surface area contributed by atoms with Crippen molar-refractivity contribution in [2.45, 2.75) is 6.92 Å². The summed E-state index contributed by atoms with van der Waals surface area (Å²) in [6, 6.07) is 17.7. The van der Waals surface area contributed by atoms with Crippen molar-refractivity contribution in [3.05, 3.63) is 83.3 Å². The van der Waals surface area contributed by atoms with E-state index in [-0.39, 0.29) is 10.7 Å². The van der Waals surface area contributed by atoms with Gasteiger partial charge in [-0.1, -0.05) is 60.7 Å². The fourth-order valence-corrected chi connectivity index (χ4v) is 3.20. The van der Waals surface area contributed by atoms with Crippen LogP contribution in [0.5, 0.6) is 0 Å². The van der Waals surface area contributed by atoms with Gasteiger partial charge in [-0.05, 0) is 24.1 Å². The molecule has 0 aliphatic rings. The summed E-state index contributed by atoms with van der Waals surface area (Å²) in [7, 11) is -3.71. The van der Waals surface area contributed by atoms with Crippen LogP contribution in [0.2, 0.25) is 0 Å². The van der Waals surface area contributed by atoms with Gasteiger partial charge in [0.1, 0.15) is 0 Å². The van der Waals surface area contributed by atoms with E-state index in [0.29, 0.717) is 5.56 Å². The summed E-state index contributed by atoms with van der Waals surface area (Å²) in [5.41, 5.74) is 1.27. The van der Waals surface area contributed by atoms with E-state index in [0.717, 1.165) is 17.0 Å². The molecule has 2 aromatic carbocycles. The lowest BCUT2D eigenvalue weighted by atomic mass is 10.2. The minimum Gasteiger partial charge on any atom is -0.295 e. The molecule has 2 aromatic rings. The molecule has 0 atom stereocenters. The molecule has 0 bridgehead atoms. The number of ketones is 1. The van der Waals surface area contributed by atoms with Gasteiger partial charge in [0.25, 0.3) is 0 Å². The number of sulfone groups is 1. The van der Waals surface area contributed by atoms with Gasteiger partial charge in [-0.3, -0.25) is 4.79 Å². The molecule has 0 N–H and O–H groups in total. The Hall–Kier alpha value is -2.46. The second-order valence-corrected chi connectivity index (χ2v) is 6.55. The standard InChI is InChI=1S/C18H16O3S/c1-15(19)14-18(17-10-6-3-7-11-17)22(20,21)13-12-16-8-4-2-5-9-16/h2-14H,1H3/b13-12?,18-14-. The van der Waals surface area contributed by atoms with E-state index in [1.165, 1.54) is 13.0 Å². The van der Waals surface area contributed by atoms with E-state index in [1.807, 2.05) is 30.3 Å². The third kappa shape index (κ3) is 4.27. The average Bonchev–Trinajstić information content (AvgIpc) is 2.52. The van der Waals surface area contributed by atoms with Crippen molar-refractivity contribution < 1.29 is 13.2 Å². The van der Waals surface area contributed by atoms with E-state index in [1.54, 1.807) is 30.3 Å². The van der Waals surface area contributed by atoms with Crippen molar-refractivity contribution >= 4 is 26.6 Å². The predicted octanol–water partition coefficient (Wildman–Crippen LogP) is 3.70. The molecule has 112 valence electrons. The lowest BCUT2D eigenvalue weighted by Gasteiger charge is -2.05. The van der Waals surface area contributed by atoms with Crippen molar-refractivity contribution in [1.29, 1.82) is 0 Å². The van der Waals surface area contributed by atoms with Gasteiger partial charge in [0.05, 0.1) is 4.91 Å². The summed E-state index contributed by atoms with van der Waals surface area (Å²) in [4.78, 5) is 11.4. The molecule has 4 heteroatoms. The molecule has 0 aromatic heterocycles. The van der Waals surface area contributed by atoms with Gasteiger partial charge in [0.15, 0.2) is 5.78 Å². The molecule has 2 rings (SSSR count). The van der Waals surface area contributed by atoms with E-state index < -0.39 is 9.84 Å². The first-order valence-corrected chi connectivity index (χ1v) is 8.29. The second-order valence-electron chi connectivity index (χ2n) is 4.74. The van der Waals surface area contributed by atoms with Crippen LogP contribution in [0.3, 0.4) is 0 Å². The lowest BCUT2D eigenvalue weighted by molar-refractivity contribution is -0.112. The number of carbonyl (C=O) groups is 1. The van der Waals surface area contributed by atoms with E-state index >= 15 is 0 Å². The van der Waals surface area contributed by atoms with Crippen molar-refractivity contribution in [2.75, 3.05) is 0 Å². The molecule has 0 saturated carbocycles. The van der Waals surface area contributed by atoms with Crippen LogP contribution >= 0.6 is 0 Å². The molecule has 22 heavy (non-hydrogen) atoms. The highest BCUT2D eigenvalue weighted by Crippen LogP contribution is 2.23. The molecule has 0 aliphatic heterocycles. The van der Waals surface area contributed by atoms with Gasteiger partial charge in [-0.15, -0.1) is 0 Å². The summed E-state index contributed by atoms with van der Waals surface area (Å²) in [6.07, 6.45) is 2.67. The molecule has 0 aliphatic carbocycles. The zero-order valence-electron chi connectivity index (χ0n) is 12.1. The monoisotopic (exact) mass is 312 g/mol. The second kappa shape index (κ2) is 7.00. The topological polar surface area (TPSA) is 51.2 Å². The normalized spacial score (nSPS) is 12.5. The van der Waals surface area contributed by atoms with Gasteiger partial charge in [0, 0.05) is 11.5 Å².